The van der Waals surface area contributed by atoms with Crippen LogP contribution in [0.15, 0.2) is 42.5 Å². The Kier molecular flexibility index (Phi) is 5.22. The highest BCUT2D eigenvalue weighted by atomic mass is 32.2. The van der Waals surface area contributed by atoms with E-state index in [9.17, 15) is 17.6 Å². The number of fused-ring (bicyclic) bond motifs is 1. The van der Waals surface area contributed by atoms with Crippen molar-refractivity contribution in [1.29, 1.82) is 0 Å². The molecule has 144 valence electrons. The van der Waals surface area contributed by atoms with E-state index in [1.54, 1.807) is 36.4 Å². The molecule has 2 aromatic carbocycles. The highest BCUT2D eigenvalue weighted by Gasteiger charge is 2.26. The molecule has 0 bridgehead atoms. The van der Waals surface area contributed by atoms with Gasteiger partial charge in [0, 0.05) is 19.0 Å². The first-order valence-corrected chi connectivity index (χ1v) is 10.1. The molecule has 0 aliphatic carbocycles. The van der Waals surface area contributed by atoms with Crippen LogP contribution in [0.2, 0.25) is 0 Å². The molecule has 1 heterocycles. The number of halogens is 1. The summed E-state index contributed by atoms with van der Waals surface area (Å²) in [4.78, 5) is 12.5. The van der Waals surface area contributed by atoms with E-state index in [0.29, 0.717) is 23.4 Å². The minimum atomic E-state index is -3.48. The van der Waals surface area contributed by atoms with Crippen molar-refractivity contribution in [1.82, 2.24) is 5.32 Å². The Bertz CT molecular complexity index is 965. The molecule has 0 saturated heterocycles. The number of nitrogens with zero attached hydrogens (tertiary/aromatic N) is 1. The van der Waals surface area contributed by atoms with Gasteiger partial charge in [-0.15, -0.1) is 0 Å². The molecule has 3 rings (SSSR count). The van der Waals surface area contributed by atoms with Crippen molar-refractivity contribution in [2.75, 3.05) is 29.5 Å². The van der Waals surface area contributed by atoms with Gasteiger partial charge in [-0.1, -0.05) is 24.3 Å². The van der Waals surface area contributed by atoms with Crippen LogP contribution >= 0.6 is 0 Å². The lowest BCUT2D eigenvalue weighted by Crippen LogP contribution is -2.36. The number of hydrogen-bond donors (Lipinski definition) is 2. The molecule has 0 saturated carbocycles. The van der Waals surface area contributed by atoms with Crippen LogP contribution in [0.1, 0.15) is 18.0 Å². The van der Waals surface area contributed by atoms with Crippen LogP contribution in [0, 0.1) is 5.82 Å². The molecular weight excluding hydrogens is 373 g/mol. The topological polar surface area (TPSA) is 87.7 Å². The number of ether oxygens (including phenoxy) is 1. The number of para-hydroxylation sites is 3. The standard InChI is InChI=1S/C18H20FN3O4S/c1-22(27(2,24)25)16-9-4-3-8-15(16)21-18(23)20-14-10-11-26-17-12(14)6-5-7-13(17)19/h3-9,14H,10-11H2,1-2H3,(H2,20,21,23)/t14-/m0/s1. The van der Waals surface area contributed by atoms with Crippen molar-refractivity contribution >= 4 is 27.4 Å². The minimum absolute atomic E-state index is 0.145. The fourth-order valence-electron chi connectivity index (χ4n) is 2.89. The molecule has 0 radical (unpaired) electrons. The molecule has 2 aromatic rings. The van der Waals surface area contributed by atoms with Crippen LogP contribution in [0.5, 0.6) is 5.75 Å². The zero-order chi connectivity index (χ0) is 19.6. The van der Waals surface area contributed by atoms with Gasteiger partial charge < -0.3 is 15.4 Å². The zero-order valence-electron chi connectivity index (χ0n) is 14.9. The van der Waals surface area contributed by atoms with Crippen LogP contribution < -0.4 is 19.7 Å². The number of nitrogens with one attached hydrogen (secondary N) is 2. The number of amides is 2. The number of carbonyl (C=O) groups excluding carboxylic acids is 1. The van der Waals surface area contributed by atoms with Crippen LogP contribution in [0.25, 0.3) is 0 Å². The second-order valence-electron chi connectivity index (χ2n) is 6.19. The minimum Gasteiger partial charge on any atom is -0.490 e. The number of sulfonamides is 1. The van der Waals surface area contributed by atoms with Crippen molar-refractivity contribution in [3.8, 4) is 5.75 Å². The average molecular weight is 393 g/mol. The van der Waals surface area contributed by atoms with Gasteiger partial charge in [0.15, 0.2) is 11.6 Å². The summed E-state index contributed by atoms with van der Waals surface area (Å²) >= 11 is 0. The van der Waals surface area contributed by atoms with Crippen LogP contribution in [-0.2, 0) is 10.0 Å². The van der Waals surface area contributed by atoms with Gasteiger partial charge in [0.2, 0.25) is 10.0 Å². The van der Waals surface area contributed by atoms with Crippen molar-refractivity contribution in [3.05, 3.63) is 53.8 Å². The van der Waals surface area contributed by atoms with Crippen molar-refractivity contribution in [3.63, 3.8) is 0 Å². The third kappa shape index (κ3) is 4.13. The normalized spacial score (nSPS) is 16.0. The Morgan fingerprint density at radius 1 is 1.22 bits per heavy atom. The van der Waals surface area contributed by atoms with Crippen molar-refractivity contribution in [2.45, 2.75) is 12.5 Å². The largest absolute Gasteiger partial charge is 0.490 e. The average Bonchev–Trinajstić information content (AvgIpc) is 2.62. The second kappa shape index (κ2) is 7.43. The first-order chi connectivity index (χ1) is 12.8. The Labute approximate surface area is 157 Å². The summed E-state index contributed by atoms with van der Waals surface area (Å²) in [6, 6.07) is 10.2. The van der Waals surface area contributed by atoms with Crippen LogP contribution in [-0.4, -0.2) is 34.4 Å². The van der Waals surface area contributed by atoms with Crippen molar-refractivity contribution < 1.29 is 22.3 Å². The molecule has 2 amide bonds. The fourth-order valence-corrected chi connectivity index (χ4v) is 3.40. The molecule has 0 unspecified atom stereocenters. The predicted octanol–water partition coefficient (Wildman–Crippen LogP) is 2.87. The van der Waals surface area contributed by atoms with E-state index in [1.807, 2.05) is 0 Å². The van der Waals surface area contributed by atoms with E-state index in [-0.39, 0.29) is 12.4 Å². The molecule has 1 atom stereocenters. The van der Waals surface area contributed by atoms with Crippen LogP contribution in [0.4, 0.5) is 20.6 Å². The molecule has 27 heavy (non-hydrogen) atoms. The summed E-state index contributed by atoms with van der Waals surface area (Å²) in [5.41, 5.74) is 1.25. The van der Waals surface area contributed by atoms with Gasteiger partial charge in [-0.2, -0.15) is 0 Å². The molecule has 0 fully saturated rings. The van der Waals surface area contributed by atoms with Gasteiger partial charge in [0.05, 0.1) is 30.3 Å². The number of anilines is 2. The smallest absolute Gasteiger partial charge is 0.319 e. The summed E-state index contributed by atoms with van der Waals surface area (Å²) in [7, 11) is -2.07. The maximum atomic E-state index is 13.9. The number of rotatable bonds is 4. The van der Waals surface area contributed by atoms with Gasteiger partial charge >= 0.3 is 6.03 Å². The molecule has 9 heteroatoms. The first-order valence-electron chi connectivity index (χ1n) is 8.29. The third-order valence-electron chi connectivity index (χ3n) is 4.32. The monoisotopic (exact) mass is 393 g/mol. The van der Waals surface area contributed by atoms with Gasteiger partial charge in [-0.05, 0) is 18.2 Å². The van der Waals surface area contributed by atoms with E-state index < -0.39 is 27.9 Å². The lowest BCUT2D eigenvalue weighted by atomic mass is 10.0. The van der Waals surface area contributed by atoms with Gasteiger partial charge in [-0.25, -0.2) is 17.6 Å². The summed E-state index contributed by atoms with van der Waals surface area (Å²) in [6.07, 6.45) is 1.58. The van der Waals surface area contributed by atoms with E-state index in [4.69, 9.17) is 4.74 Å². The summed E-state index contributed by atoms with van der Waals surface area (Å²) in [6.45, 7) is 0.284. The number of urea groups is 1. The lowest BCUT2D eigenvalue weighted by molar-refractivity contribution is 0.227. The van der Waals surface area contributed by atoms with Crippen LogP contribution in [0.3, 0.4) is 0 Å². The Balaban J connectivity index is 1.78. The maximum absolute atomic E-state index is 13.9. The summed E-state index contributed by atoms with van der Waals surface area (Å²) in [5, 5.41) is 5.46. The van der Waals surface area contributed by atoms with E-state index >= 15 is 0 Å². The maximum Gasteiger partial charge on any atom is 0.319 e. The van der Waals surface area contributed by atoms with Crippen molar-refractivity contribution in [2.24, 2.45) is 0 Å². The molecule has 1 aliphatic heterocycles. The van der Waals surface area contributed by atoms with E-state index in [2.05, 4.69) is 10.6 Å². The lowest BCUT2D eigenvalue weighted by Gasteiger charge is -2.27. The molecule has 0 aromatic heterocycles. The fraction of sp³-hybridized carbons (Fsp3) is 0.278. The number of carbonyl (C=O) groups is 1. The van der Waals surface area contributed by atoms with E-state index in [0.717, 1.165) is 10.6 Å². The Morgan fingerprint density at radius 2 is 1.96 bits per heavy atom. The zero-order valence-corrected chi connectivity index (χ0v) is 15.7. The summed E-state index contributed by atoms with van der Waals surface area (Å²) in [5.74, 6) is -0.328. The second-order valence-corrected chi connectivity index (χ2v) is 8.21. The summed E-state index contributed by atoms with van der Waals surface area (Å²) < 4.78 is 43.9. The van der Waals surface area contributed by atoms with E-state index in [1.165, 1.54) is 13.1 Å². The molecule has 0 spiro atoms. The SMILES string of the molecule is CN(c1ccccc1NC(=O)N[C@H]1CCOc2c(F)cccc21)S(C)(=O)=O. The number of hydrogen-bond acceptors (Lipinski definition) is 4. The van der Waals surface area contributed by atoms with Gasteiger partial charge in [-0.3, -0.25) is 4.31 Å². The quantitative estimate of drug-likeness (QED) is 0.836. The molecule has 1 aliphatic rings. The molecular formula is C18H20FN3O4S. The highest BCUT2D eigenvalue weighted by molar-refractivity contribution is 7.92. The molecule has 7 nitrogen and oxygen atoms in total. The predicted molar refractivity (Wildman–Crippen MR) is 101 cm³/mol. The molecule has 2 N–H and O–H groups in total. The Morgan fingerprint density at radius 3 is 2.70 bits per heavy atom. The third-order valence-corrected chi connectivity index (χ3v) is 5.51. The number of benzene rings is 2. The highest BCUT2D eigenvalue weighted by Crippen LogP contribution is 2.34. The first kappa shape index (κ1) is 19.0. The Hall–Kier alpha value is -2.81. The van der Waals surface area contributed by atoms with Gasteiger partial charge in [0.1, 0.15) is 0 Å². The van der Waals surface area contributed by atoms with Gasteiger partial charge in [0.25, 0.3) is 0 Å².